The first-order valence-corrected chi connectivity index (χ1v) is 7.07. The topological polar surface area (TPSA) is 39.4 Å². The van der Waals surface area contributed by atoms with Crippen molar-refractivity contribution in [2.24, 2.45) is 0 Å². The first kappa shape index (κ1) is 13.7. The molecular formula is C18H18O3. The van der Waals surface area contributed by atoms with Crippen molar-refractivity contribution in [2.45, 2.75) is 33.8 Å². The fourth-order valence-electron chi connectivity index (χ4n) is 2.53. The van der Waals surface area contributed by atoms with Crippen molar-refractivity contribution in [3.05, 3.63) is 41.7 Å². The highest BCUT2D eigenvalue weighted by Gasteiger charge is 2.13. The van der Waals surface area contributed by atoms with Crippen LogP contribution in [0, 0.1) is 13.8 Å². The average molecular weight is 282 g/mol. The highest BCUT2D eigenvalue weighted by molar-refractivity contribution is 6.08. The Morgan fingerprint density at radius 3 is 2.62 bits per heavy atom. The molecule has 3 aromatic rings. The molecule has 0 aliphatic heterocycles. The zero-order valence-corrected chi connectivity index (χ0v) is 12.7. The van der Waals surface area contributed by atoms with Crippen LogP contribution in [0.15, 0.2) is 34.7 Å². The summed E-state index contributed by atoms with van der Waals surface area (Å²) in [5, 5.41) is 3.34. The van der Waals surface area contributed by atoms with Crippen molar-refractivity contribution in [2.75, 3.05) is 0 Å². The molecule has 108 valence electrons. The largest absolute Gasteiger partial charge is 0.483 e. The maximum Gasteiger partial charge on any atom is 0.169 e. The molecule has 0 spiro atoms. The van der Waals surface area contributed by atoms with Gasteiger partial charge in [0.25, 0.3) is 0 Å². The fraction of sp³-hybridized carbons (Fsp3) is 0.278. The molecule has 2 aromatic carbocycles. The second kappa shape index (κ2) is 4.92. The molecule has 0 bridgehead atoms. The van der Waals surface area contributed by atoms with Gasteiger partial charge in [0.15, 0.2) is 11.9 Å². The summed E-state index contributed by atoms with van der Waals surface area (Å²) < 4.78 is 11.5. The van der Waals surface area contributed by atoms with E-state index >= 15 is 0 Å². The number of ether oxygens (including phenoxy) is 1. The van der Waals surface area contributed by atoms with Crippen molar-refractivity contribution in [3.63, 3.8) is 0 Å². The van der Waals surface area contributed by atoms with E-state index in [2.05, 4.69) is 6.92 Å². The van der Waals surface area contributed by atoms with E-state index in [4.69, 9.17) is 9.15 Å². The van der Waals surface area contributed by atoms with Gasteiger partial charge < -0.3 is 9.15 Å². The van der Waals surface area contributed by atoms with Gasteiger partial charge in [0.1, 0.15) is 17.1 Å². The number of aryl methyl sites for hydroxylation is 2. The number of furan rings is 1. The lowest BCUT2D eigenvalue weighted by Gasteiger charge is -2.12. The number of benzene rings is 2. The number of carbonyl (C=O) groups is 1. The smallest absolute Gasteiger partial charge is 0.169 e. The summed E-state index contributed by atoms with van der Waals surface area (Å²) in [5.41, 5.74) is 2.03. The average Bonchev–Trinajstić information content (AvgIpc) is 2.74. The van der Waals surface area contributed by atoms with Gasteiger partial charge in [-0.25, -0.2) is 0 Å². The number of rotatable bonds is 3. The summed E-state index contributed by atoms with van der Waals surface area (Å²) in [4.78, 5) is 11.3. The van der Waals surface area contributed by atoms with Crippen LogP contribution < -0.4 is 4.74 Å². The summed E-state index contributed by atoms with van der Waals surface area (Å²) in [6.45, 7) is 7.33. The van der Waals surface area contributed by atoms with Gasteiger partial charge in [0.2, 0.25) is 0 Å². The Hall–Kier alpha value is -2.29. The second-order valence-corrected chi connectivity index (χ2v) is 5.48. The number of hydrogen-bond donors (Lipinski definition) is 0. The molecule has 0 N–H and O–H groups in total. The van der Waals surface area contributed by atoms with Crippen LogP contribution in [0.2, 0.25) is 0 Å². The van der Waals surface area contributed by atoms with Gasteiger partial charge in [-0.15, -0.1) is 0 Å². The Kier molecular flexibility index (Phi) is 3.20. The molecule has 0 saturated carbocycles. The van der Waals surface area contributed by atoms with E-state index in [1.54, 1.807) is 6.92 Å². The molecule has 3 rings (SSSR count). The number of ketones is 1. The second-order valence-electron chi connectivity index (χ2n) is 5.48. The molecular weight excluding hydrogens is 264 g/mol. The lowest BCUT2D eigenvalue weighted by atomic mass is 10.0. The Balaban J connectivity index is 2.19. The molecule has 1 heterocycles. The number of hydrogen-bond acceptors (Lipinski definition) is 3. The molecule has 1 aromatic heterocycles. The monoisotopic (exact) mass is 282 g/mol. The van der Waals surface area contributed by atoms with E-state index < -0.39 is 6.10 Å². The highest BCUT2D eigenvalue weighted by atomic mass is 16.5. The first-order chi connectivity index (χ1) is 9.97. The highest BCUT2D eigenvalue weighted by Crippen LogP contribution is 2.34. The Labute approximate surface area is 123 Å². The molecule has 21 heavy (non-hydrogen) atoms. The Morgan fingerprint density at radius 1 is 1.19 bits per heavy atom. The van der Waals surface area contributed by atoms with Crippen LogP contribution >= 0.6 is 0 Å². The summed E-state index contributed by atoms with van der Waals surface area (Å²) in [5.74, 6) is 1.65. The van der Waals surface area contributed by atoms with Gasteiger partial charge in [-0.05, 0) is 62.2 Å². The van der Waals surface area contributed by atoms with Crippen LogP contribution in [-0.2, 0) is 4.79 Å². The van der Waals surface area contributed by atoms with Crippen molar-refractivity contribution in [3.8, 4) is 5.75 Å². The molecule has 0 saturated heterocycles. The van der Waals surface area contributed by atoms with Gasteiger partial charge in [-0.3, -0.25) is 4.79 Å². The minimum Gasteiger partial charge on any atom is -0.483 e. The maximum atomic E-state index is 11.3. The third-order valence-electron chi connectivity index (χ3n) is 4.01. The van der Waals surface area contributed by atoms with Crippen molar-refractivity contribution in [1.82, 2.24) is 0 Å². The normalized spacial score (nSPS) is 12.8. The molecule has 3 heteroatoms. The minimum absolute atomic E-state index is 0.0173. The quantitative estimate of drug-likeness (QED) is 0.707. The molecule has 1 atom stereocenters. The molecule has 0 amide bonds. The minimum atomic E-state index is -0.436. The molecule has 0 aliphatic rings. The Bertz CT molecular complexity index is 842. The lowest BCUT2D eigenvalue weighted by Crippen LogP contribution is -2.20. The van der Waals surface area contributed by atoms with Crippen LogP contribution in [-0.4, -0.2) is 11.9 Å². The first-order valence-electron chi connectivity index (χ1n) is 7.07. The van der Waals surface area contributed by atoms with E-state index in [0.29, 0.717) is 5.75 Å². The molecule has 3 nitrogen and oxygen atoms in total. The van der Waals surface area contributed by atoms with Crippen molar-refractivity contribution < 1.29 is 13.9 Å². The standard InChI is InChI=1S/C18H18O3/c1-10-12(3)21-17-8-6-14-5-7-15(9-16(14)18(10)17)20-13(4)11(2)19/h5-9,13H,1-4H3. The third kappa shape index (κ3) is 2.29. The SMILES string of the molecule is CC(=O)C(C)Oc1ccc2ccc3oc(C)c(C)c3c2c1. The van der Waals surface area contributed by atoms with Gasteiger partial charge in [0, 0.05) is 5.39 Å². The van der Waals surface area contributed by atoms with Crippen LogP contribution in [0.5, 0.6) is 5.75 Å². The van der Waals surface area contributed by atoms with E-state index in [1.165, 1.54) is 6.92 Å². The van der Waals surface area contributed by atoms with E-state index in [1.807, 2.05) is 37.3 Å². The summed E-state index contributed by atoms with van der Waals surface area (Å²) in [6, 6.07) is 9.93. The number of fused-ring (bicyclic) bond motifs is 3. The maximum absolute atomic E-state index is 11.3. The van der Waals surface area contributed by atoms with E-state index in [0.717, 1.165) is 33.1 Å². The van der Waals surface area contributed by atoms with Crippen LogP contribution in [0.1, 0.15) is 25.2 Å². The zero-order chi connectivity index (χ0) is 15.1. The lowest BCUT2D eigenvalue weighted by molar-refractivity contribution is -0.122. The van der Waals surface area contributed by atoms with Gasteiger partial charge in [-0.1, -0.05) is 12.1 Å². The predicted molar refractivity (Wildman–Crippen MR) is 84.0 cm³/mol. The van der Waals surface area contributed by atoms with Crippen molar-refractivity contribution >= 4 is 27.5 Å². The summed E-state index contributed by atoms with van der Waals surface area (Å²) in [6.07, 6.45) is -0.436. The summed E-state index contributed by atoms with van der Waals surface area (Å²) >= 11 is 0. The van der Waals surface area contributed by atoms with Crippen LogP contribution in [0.25, 0.3) is 21.7 Å². The predicted octanol–water partition coefficient (Wildman–Crippen LogP) is 4.56. The molecule has 0 radical (unpaired) electrons. The van der Waals surface area contributed by atoms with Gasteiger partial charge >= 0.3 is 0 Å². The van der Waals surface area contributed by atoms with Crippen LogP contribution in [0.3, 0.4) is 0 Å². The van der Waals surface area contributed by atoms with Gasteiger partial charge in [0.05, 0.1) is 0 Å². The summed E-state index contributed by atoms with van der Waals surface area (Å²) in [7, 11) is 0. The number of carbonyl (C=O) groups excluding carboxylic acids is 1. The van der Waals surface area contributed by atoms with Crippen molar-refractivity contribution in [1.29, 1.82) is 0 Å². The van der Waals surface area contributed by atoms with E-state index in [-0.39, 0.29) is 5.78 Å². The fourth-order valence-corrected chi connectivity index (χ4v) is 2.53. The van der Waals surface area contributed by atoms with Crippen LogP contribution in [0.4, 0.5) is 0 Å². The zero-order valence-electron chi connectivity index (χ0n) is 12.7. The Morgan fingerprint density at radius 2 is 1.90 bits per heavy atom. The molecule has 0 fully saturated rings. The van der Waals surface area contributed by atoms with Gasteiger partial charge in [-0.2, -0.15) is 0 Å². The number of Topliss-reactive ketones (excluding diaryl/α,β-unsaturated/α-hetero) is 1. The third-order valence-corrected chi connectivity index (χ3v) is 4.01. The molecule has 0 aliphatic carbocycles. The van der Waals surface area contributed by atoms with E-state index in [9.17, 15) is 4.79 Å². The molecule has 1 unspecified atom stereocenters.